The first-order chi connectivity index (χ1) is 13.8. The number of rotatable bonds is 6. The van der Waals surface area contributed by atoms with E-state index in [4.69, 9.17) is 8.92 Å². The van der Waals surface area contributed by atoms with E-state index in [1.165, 1.54) is 36.2 Å². The molecule has 0 heterocycles. The fraction of sp³-hybridized carbons (Fsp3) is 0.350. The summed E-state index contributed by atoms with van der Waals surface area (Å²) in [6, 6.07) is 7.36. The number of amides is 1. The van der Waals surface area contributed by atoms with Crippen molar-refractivity contribution in [3.05, 3.63) is 59.7 Å². The van der Waals surface area contributed by atoms with E-state index >= 15 is 0 Å². The second-order valence-electron chi connectivity index (χ2n) is 7.56. The summed E-state index contributed by atoms with van der Waals surface area (Å²) in [7, 11) is -3.04. The maximum Gasteiger partial charge on any atom is 0.410 e. The normalized spacial score (nSPS) is 12.9. The molecule has 1 unspecified atom stereocenters. The van der Waals surface area contributed by atoms with Gasteiger partial charge in [-0.05, 0) is 50.6 Å². The van der Waals surface area contributed by atoms with Gasteiger partial charge in [-0.2, -0.15) is 8.42 Å². The first kappa shape index (κ1) is 23.6. The van der Waals surface area contributed by atoms with Crippen LogP contribution in [0.5, 0.6) is 5.75 Å². The Morgan fingerprint density at radius 3 is 2.27 bits per heavy atom. The maximum absolute atomic E-state index is 13.7. The van der Waals surface area contributed by atoms with Crippen LogP contribution in [0.2, 0.25) is 0 Å². The number of benzene rings is 2. The van der Waals surface area contributed by atoms with E-state index in [-0.39, 0.29) is 12.3 Å². The molecule has 0 aromatic heterocycles. The van der Waals surface area contributed by atoms with Gasteiger partial charge in [-0.3, -0.25) is 0 Å². The molecule has 1 amide bonds. The van der Waals surface area contributed by atoms with Crippen LogP contribution < -0.4 is 4.18 Å². The molecule has 1 N–H and O–H groups in total. The van der Waals surface area contributed by atoms with Crippen LogP contribution >= 0.6 is 0 Å². The Hall–Kier alpha value is -2.72. The highest BCUT2D eigenvalue weighted by molar-refractivity contribution is 7.87. The zero-order valence-electron chi connectivity index (χ0n) is 16.9. The fourth-order valence-electron chi connectivity index (χ4n) is 2.37. The molecule has 0 saturated heterocycles. The highest BCUT2D eigenvalue weighted by atomic mass is 32.2. The van der Waals surface area contributed by atoms with Crippen LogP contribution in [0.3, 0.4) is 0 Å². The third-order valence-corrected chi connectivity index (χ3v) is 5.07. The van der Waals surface area contributed by atoms with Crippen molar-refractivity contribution in [3.63, 3.8) is 0 Å². The summed E-state index contributed by atoms with van der Waals surface area (Å²) in [6.07, 6.45) is -1.67. The minimum atomic E-state index is -4.52. The van der Waals surface area contributed by atoms with Gasteiger partial charge < -0.3 is 18.9 Å². The lowest BCUT2D eigenvalue weighted by atomic mass is 10.1. The SMILES string of the molecule is CN(CC(O)c1ccc(OS(=O)(=O)c2ccc(F)cc2F)cc1)C(=O)OC(C)(C)C. The van der Waals surface area contributed by atoms with Crippen molar-refractivity contribution in [2.24, 2.45) is 0 Å². The van der Waals surface area contributed by atoms with Crippen LogP contribution in [0.1, 0.15) is 32.4 Å². The topological polar surface area (TPSA) is 93.1 Å². The number of carbonyl (C=O) groups is 1. The molecule has 0 aliphatic heterocycles. The summed E-state index contributed by atoms with van der Waals surface area (Å²) in [6.45, 7) is 5.10. The van der Waals surface area contributed by atoms with E-state index in [1.807, 2.05) is 0 Å². The number of ether oxygens (including phenoxy) is 1. The molecule has 0 radical (unpaired) electrons. The molecular weight excluding hydrogens is 420 g/mol. The number of carbonyl (C=O) groups excluding carboxylic acids is 1. The van der Waals surface area contributed by atoms with Crippen molar-refractivity contribution in [2.75, 3.05) is 13.6 Å². The minimum Gasteiger partial charge on any atom is -0.444 e. The van der Waals surface area contributed by atoms with Gasteiger partial charge in [0.15, 0.2) is 0 Å². The monoisotopic (exact) mass is 443 g/mol. The lowest BCUT2D eigenvalue weighted by Crippen LogP contribution is -2.36. The average Bonchev–Trinajstić information content (AvgIpc) is 2.60. The third-order valence-electron chi connectivity index (χ3n) is 3.79. The van der Waals surface area contributed by atoms with Crippen molar-refractivity contribution in [2.45, 2.75) is 37.4 Å². The van der Waals surface area contributed by atoms with Gasteiger partial charge in [-0.25, -0.2) is 13.6 Å². The maximum atomic E-state index is 13.7. The van der Waals surface area contributed by atoms with E-state index in [1.54, 1.807) is 20.8 Å². The zero-order valence-corrected chi connectivity index (χ0v) is 17.7. The van der Waals surface area contributed by atoms with Crippen molar-refractivity contribution >= 4 is 16.2 Å². The molecule has 0 aliphatic carbocycles. The number of hydrogen-bond acceptors (Lipinski definition) is 6. The van der Waals surface area contributed by atoms with E-state index in [2.05, 4.69) is 0 Å². The molecule has 2 aromatic rings. The molecule has 0 bridgehead atoms. The fourth-order valence-corrected chi connectivity index (χ4v) is 3.36. The number of hydrogen-bond donors (Lipinski definition) is 1. The molecular formula is C20H23F2NO6S. The molecule has 2 rings (SSSR count). The van der Waals surface area contributed by atoms with E-state index < -0.39 is 44.4 Å². The van der Waals surface area contributed by atoms with Gasteiger partial charge in [0.05, 0.1) is 12.6 Å². The Morgan fingerprint density at radius 2 is 1.73 bits per heavy atom. The van der Waals surface area contributed by atoms with Crippen molar-refractivity contribution < 1.29 is 36.0 Å². The molecule has 0 fully saturated rings. The standard InChI is InChI=1S/C20H23F2NO6S/c1-20(2,3)28-19(25)23(4)12-17(24)13-5-8-15(9-6-13)29-30(26,27)18-10-7-14(21)11-16(18)22/h5-11,17,24H,12H2,1-4H3. The minimum absolute atomic E-state index is 0.0613. The Balaban J connectivity index is 2.06. The van der Waals surface area contributed by atoms with Crippen LogP contribution in [0, 0.1) is 11.6 Å². The summed E-state index contributed by atoms with van der Waals surface area (Å²) in [5, 5.41) is 10.3. The first-order valence-electron chi connectivity index (χ1n) is 8.90. The van der Waals surface area contributed by atoms with Gasteiger partial charge in [-0.1, -0.05) is 12.1 Å². The third kappa shape index (κ3) is 6.39. The molecule has 0 aliphatic rings. The number of likely N-dealkylation sites (N-methyl/N-ethyl adjacent to an activating group) is 1. The highest BCUT2D eigenvalue weighted by Gasteiger charge is 2.23. The van der Waals surface area contributed by atoms with Crippen LogP contribution in [-0.2, 0) is 14.9 Å². The first-order valence-corrected chi connectivity index (χ1v) is 10.3. The molecule has 164 valence electrons. The quantitative estimate of drug-likeness (QED) is 0.686. The average molecular weight is 443 g/mol. The van der Waals surface area contributed by atoms with Crippen LogP contribution in [0.4, 0.5) is 13.6 Å². The Labute approximate surface area is 174 Å². The van der Waals surface area contributed by atoms with Gasteiger partial charge in [0.1, 0.15) is 27.9 Å². The van der Waals surface area contributed by atoms with Crippen LogP contribution in [0.15, 0.2) is 47.4 Å². The summed E-state index contributed by atoms with van der Waals surface area (Å²) >= 11 is 0. The molecule has 0 saturated carbocycles. The predicted octanol–water partition coefficient (Wildman–Crippen LogP) is 3.63. The summed E-state index contributed by atoms with van der Waals surface area (Å²) in [5.41, 5.74) is -0.284. The number of nitrogens with zero attached hydrogens (tertiary/aromatic N) is 1. The lowest BCUT2D eigenvalue weighted by molar-refractivity contribution is 0.0205. The second kappa shape index (κ2) is 8.97. The molecule has 10 heteroatoms. The number of halogens is 2. The van der Waals surface area contributed by atoms with E-state index in [0.717, 1.165) is 12.1 Å². The molecule has 0 spiro atoms. The largest absolute Gasteiger partial charge is 0.444 e. The Kier molecular flexibility index (Phi) is 7.04. The lowest BCUT2D eigenvalue weighted by Gasteiger charge is -2.26. The van der Waals surface area contributed by atoms with Gasteiger partial charge >= 0.3 is 16.2 Å². The summed E-state index contributed by atoms with van der Waals surface area (Å²) < 4.78 is 61.2. The van der Waals surface area contributed by atoms with E-state index in [9.17, 15) is 27.1 Å². The highest BCUT2D eigenvalue weighted by Crippen LogP contribution is 2.24. The molecule has 2 aromatic carbocycles. The molecule has 7 nitrogen and oxygen atoms in total. The van der Waals surface area contributed by atoms with Gasteiger partial charge in [0.25, 0.3) is 0 Å². The van der Waals surface area contributed by atoms with Crippen molar-refractivity contribution in [1.29, 1.82) is 0 Å². The smallest absolute Gasteiger partial charge is 0.410 e. The summed E-state index contributed by atoms with van der Waals surface area (Å²) in [4.78, 5) is 12.4. The Morgan fingerprint density at radius 1 is 1.13 bits per heavy atom. The Bertz CT molecular complexity index is 1000. The van der Waals surface area contributed by atoms with Crippen molar-refractivity contribution in [3.8, 4) is 5.75 Å². The molecule has 1 atom stereocenters. The van der Waals surface area contributed by atoms with Crippen molar-refractivity contribution in [1.82, 2.24) is 4.90 Å². The van der Waals surface area contributed by atoms with Crippen LogP contribution in [-0.4, -0.2) is 43.7 Å². The summed E-state index contributed by atoms with van der Waals surface area (Å²) in [5.74, 6) is -2.32. The zero-order chi connectivity index (χ0) is 22.7. The van der Waals surface area contributed by atoms with E-state index in [0.29, 0.717) is 11.6 Å². The molecule has 30 heavy (non-hydrogen) atoms. The van der Waals surface area contributed by atoms with Gasteiger partial charge in [0.2, 0.25) is 0 Å². The van der Waals surface area contributed by atoms with Gasteiger partial charge in [0, 0.05) is 13.1 Å². The van der Waals surface area contributed by atoms with Gasteiger partial charge in [-0.15, -0.1) is 0 Å². The number of aliphatic hydroxyl groups is 1. The second-order valence-corrected chi connectivity index (χ2v) is 9.07. The number of aliphatic hydroxyl groups excluding tert-OH is 1. The predicted molar refractivity (Wildman–Crippen MR) is 104 cm³/mol. The van der Waals surface area contributed by atoms with Crippen LogP contribution in [0.25, 0.3) is 0 Å².